The number of Topliss-reactive ketones (excluding diaryl/α,β-unsaturated/α-hetero) is 1. The normalized spacial score (nSPS) is 25.5. The topological polar surface area (TPSA) is 20.3 Å². The predicted molar refractivity (Wildman–Crippen MR) is 94.2 cm³/mol. The minimum absolute atomic E-state index is 0.104. The molecule has 120 valence electrons. The first kappa shape index (κ1) is 15.9. The standard InChI is InChI=1S/C21H25NO/c1-3-10-18-20(23)15-19(16-11-6-4-7-12-16)22(2)21(18)17-13-8-5-9-14-17/h4-9,11-14,18-19,21H,3,10,15H2,1-2H3/t18-,19-,21+/m1/s1. The van der Waals surface area contributed by atoms with Gasteiger partial charge < -0.3 is 0 Å². The maximum Gasteiger partial charge on any atom is 0.139 e. The molecule has 3 atom stereocenters. The number of carbonyl (C=O) groups is 1. The van der Waals surface area contributed by atoms with Gasteiger partial charge in [-0.3, -0.25) is 9.69 Å². The Morgan fingerprint density at radius 3 is 2.09 bits per heavy atom. The van der Waals surface area contributed by atoms with Gasteiger partial charge in [-0.25, -0.2) is 0 Å². The second-order valence-corrected chi connectivity index (χ2v) is 6.51. The number of hydrogen-bond donors (Lipinski definition) is 0. The molecule has 1 aliphatic heterocycles. The van der Waals surface area contributed by atoms with E-state index >= 15 is 0 Å². The molecule has 1 fully saturated rings. The number of ketones is 1. The molecule has 0 N–H and O–H groups in total. The van der Waals surface area contributed by atoms with E-state index < -0.39 is 0 Å². The van der Waals surface area contributed by atoms with Gasteiger partial charge in [0.25, 0.3) is 0 Å². The molecule has 2 aromatic carbocycles. The maximum absolute atomic E-state index is 12.9. The molecule has 0 unspecified atom stereocenters. The van der Waals surface area contributed by atoms with E-state index in [2.05, 4.69) is 67.4 Å². The summed E-state index contributed by atoms with van der Waals surface area (Å²) in [4.78, 5) is 15.3. The predicted octanol–water partition coefficient (Wildman–Crippen LogP) is 4.79. The van der Waals surface area contributed by atoms with Crippen molar-refractivity contribution in [3.8, 4) is 0 Å². The Hall–Kier alpha value is -1.93. The van der Waals surface area contributed by atoms with Gasteiger partial charge in [0.2, 0.25) is 0 Å². The van der Waals surface area contributed by atoms with Crippen molar-refractivity contribution >= 4 is 5.78 Å². The third-order valence-corrected chi connectivity index (χ3v) is 5.04. The van der Waals surface area contributed by atoms with Gasteiger partial charge in [0, 0.05) is 24.4 Å². The zero-order valence-electron chi connectivity index (χ0n) is 14.0. The Morgan fingerprint density at radius 1 is 0.957 bits per heavy atom. The van der Waals surface area contributed by atoms with Crippen molar-refractivity contribution in [2.45, 2.75) is 38.3 Å². The van der Waals surface area contributed by atoms with E-state index in [0.717, 1.165) is 12.8 Å². The molecule has 1 heterocycles. The van der Waals surface area contributed by atoms with Gasteiger partial charge in [-0.15, -0.1) is 0 Å². The molecule has 2 nitrogen and oxygen atoms in total. The Kier molecular flexibility index (Phi) is 4.92. The van der Waals surface area contributed by atoms with Crippen LogP contribution < -0.4 is 0 Å². The minimum Gasteiger partial charge on any atom is -0.299 e. The van der Waals surface area contributed by atoms with Crippen LogP contribution in [-0.4, -0.2) is 17.7 Å². The van der Waals surface area contributed by atoms with Crippen LogP contribution in [0.25, 0.3) is 0 Å². The van der Waals surface area contributed by atoms with E-state index in [0.29, 0.717) is 12.2 Å². The van der Waals surface area contributed by atoms with Crippen molar-refractivity contribution in [3.63, 3.8) is 0 Å². The van der Waals surface area contributed by atoms with Gasteiger partial charge in [-0.2, -0.15) is 0 Å². The number of hydrogen-bond acceptors (Lipinski definition) is 2. The number of carbonyl (C=O) groups excluding carboxylic acids is 1. The largest absolute Gasteiger partial charge is 0.299 e. The Bertz CT molecular complexity index is 637. The quantitative estimate of drug-likeness (QED) is 0.809. The van der Waals surface area contributed by atoms with Gasteiger partial charge in [0.1, 0.15) is 5.78 Å². The van der Waals surface area contributed by atoms with Crippen LogP contribution in [-0.2, 0) is 4.79 Å². The second-order valence-electron chi connectivity index (χ2n) is 6.51. The summed E-state index contributed by atoms with van der Waals surface area (Å²) in [5, 5.41) is 0. The van der Waals surface area contributed by atoms with E-state index in [1.807, 2.05) is 12.1 Å². The fourth-order valence-electron chi connectivity index (χ4n) is 3.92. The summed E-state index contributed by atoms with van der Waals surface area (Å²) < 4.78 is 0. The van der Waals surface area contributed by atoms with Crippen molar-refractivity contribution in [2.75, 3.05) is 7.05 Å². The fraction of sp³-hybridized carbons (Fsp3) is 0.381. The van der Waals surface area contributed by atoms with Crippen LogP contribution >= 0.6 is 0 Å². The lowest BCUT2D eigenvalue weighted by Gasteiger charge is -2.44. The Morgan fingerprint density at radius 2 is 1.52 bits per heavy atom. The van der Waals surface area contributed by atoms with E-state index in [1.165, 1.54) is 11.1 Å². The molecule has 0 aliphatic carbocycles. The molecule has 0 radical (unpaired) electrons. The Balaban J connectivity index is 1.98. The zero-order valence-corrected chi connectivity index (χ0v) is 14.0. The average Bonchev–Trinajstić information content (AvgIpc) is 2.60. The highest BCUT2D eigenvalue weighted by atomic mass is 16.1. The first-order valence-electron chi connectivity index (χ1n) is 8.57. The number of rotatable bonds is 4. The Labute approximate surface area is 139 Å². The van der Waals surface area contributed by atoms with Gasteiger partial charge in [-0.05, 0) is 24.6 Å². The average molecular weight is 307 g/mol. The number of benzene rings is 2. The third-order valence-electron chi connectivity index (χ3n) is 5.04. The summed E-state index contributed by atoms with van der Waals surface area (Å²) in [6.07, 6.45) is 2.63. The van der Waals surface area contributed by atoms with Crippen molar-refractivity contribution < 1.29 is 4.79 Å². The number of likely N-dealkylation sites (tertiary alicyclic amines) is 1. The summed E-state index contributed by atoms with van der Waals surface area (Å²) >= 11 is 0. The summed E-state index contributed by atoms with van der Waals surface area (Å²) in [5.74, 6) is 0.514. The monoisotopic (exact) mass is 307 g/mol. The van der Waals surface area contributed by atoms with Crippen molar-refractivity contribution in [3.05, 3.63) is 71.8 Å². The van der Waals surface area contributed by atoms with E-state index in [9.17, 15) is 4.79 Å². The third kappa shape index (κ3) is 3.23. The highest BCUT2D eigenvalue weighted by molar-refractivity contribution is 5.83. The fourth-order valence-corrected chi connectivity index (χ4v) is 3.92. The molecule has 1 aliphatic rings. The highest BCUT2D eigenvalue weighted by Gasteiger charge is 2.41. The van der Waals surface area contributed by atoms with Crippen LogP contribution in [0.1, 0.15) is 49.4 Å². The van der Waals surface area contributed by atoms with Crippen LogP contribution in [0.3, 0.4) is 0 Å². The molecule has 1 saturated heterocycles. The number of piperidine rings is 1. The van der Waals surface area contributed by atoms with Crippen LogP contribution in [0.5, 0.6) is 0 Å². The molecule has 0 bridgehead atoms. The lowest BCUT2D eigenvalue weighted by atomic mass is 9.77. The number of nitrogens with zero attached hydrogens (tertiary/aromatic N) is 1. The van der Waals surface area contributed by atoms with E-state index in [-0.39, 0.29) is 18.0 Å². The van der Waals surface area contributed by atoms with Crippen molar-refractivity contribution in [2.24, 2.45) is 5.92 Å². The summed E-state index contributed by atoms with van der Waals surface area (Å²) in [5.41, 5.74) is 2.49. The first-order valence-corrected chi connectivity index (χ1v) is 8.57. The van der Waals surface area contributed by atoms with Gasteiger partial charge in [0.05, 0.1) is 0 Å². The van der Waals surface area contributed by atoms with E-state index in [4.69, 9.17) is 0 Å². The minimum atomic E-state index is 0.104. The smallest absolute Gasteiger partial charge is 0.139 e. The molecule has 23 heavy (non-hydrogen) atoms. The molecule has 3 rings (SSSR count). The maximum atomic E-state index is 12.9. The first-order chi connectivity index (χ1) is 11.2. The molecular weight excluding hydrogens is 282 g/mol. The molecule has 0 saturated carbocycles. The van der Waals surface area contributed by atoms with Crippen LogP contribution in [0, 0.1) is 5.92 Å². The van der Waals surface area contributed by atoms with Gasteiger partial charge >= 0.3 is 0 Å². The van der Waals surface area contributed by atoms with Crippen LogP contribution in [0.15, 0.2) is 60.7 Å². The molecule has 2 heteroatoms. The molecule has 0 aromatic heterocycles. The van der Waals surface area contributed by atoms with Gasteiger partial charge in [-0.1, -0.05) is 74.0 Å². The van der Waals surface area contributed by atoms with E-state index in [1.54, 1.807) is 0 Å². The van der Waals surface area contributed by atoms with Gasteiger partial charge in [0.15, 0.2) is 0 Å². The second kappa shape index (κ2) is 7.10. The van der Waals surface area contributed by atoms with Crippen molar-refractivity contribution in [1.29, 1.82) is 0 Å². The molecular formula is C21H25NO. The SMILES string of the molecule is CCC[C@@H]1C(=O)C[C@H](c2ccccc2)N(C)[C@H]1c1ccccc1. The summed E-state index contributed by atoms with van der Waals surface area (Å²) in [7, 11) is 2.17. The molecule has 2 aromatic rings. The summed E-state index contributed by atoms with van der Waals surface area (Å²) in [6, 6.07) is 21.3. The van der Waals surface area contributed by atoms with Crippen molar-refractivity contribution in [1.82, 2.24) is 4.90 Å². The molecule has 0 spiro atoms. The zero-order chi connectivity index (χ0) is 16.2. The summed E-state index contributed by atoms with van der Waals surface area (Å²) in [6.45, 7) is 2.17. The van der Waals surface area contributed by atoms with Crippen LogP contribution in [0.4, 0.5) is 0 Å². The lowest BCUT2D eigenvalue weighted by molar-refractivity contribution is -0.132. The van der Waals surface area contributed by atoms with Crippen LogP contribution in [0.2, 0.25) is 0 Å². The highest BCUT2D eigenvalue weighted by Crippen LogP contribution is 2.43. The lowest BCUT2D eigenvalue weighted by Crippen LogP contribution is -2.43. The molecule has 0 amide bonds.